The van der Waals surface area contributed by atoms with Crippen LogP contribution in [0, 0.1) is 0 Å². The number of hydrogen-bond donors (Lipinski definition) is 0. The van der Waals surface area contributed by atoms with Crippen molar-refractivity contribution in [3.63, 3.8) is 0 Å². The molecular weight excluding hydrogens is 414 g/mol. The Bertz CT molecular complexity index is 954. The molecule has 0 atom stereocenters. The van der Waals surface area contributed by atoms with E-state index in [0.29, 0.717) is 13.1 Å². The van der Waals surface area contributed by atoms with E-state index in [0.717, 1.165) is 33.8 Å². The van der Waals surface area contributed by atoms with Gasteiger partial charge in [-0.3, -0.25) is 0 Å². The van der Waals surface area contributed by atoms with Crippen molar-refractivity contribution in [3.05, 3.63) is 16.8 Å². The van der Waals surface area contributed by atoms with Gasteiger partial charge >= 0.3 is 12.2 Å². The minimum Gasteiger partial charge on any atom is -0.444 e. The third-order valence-electron chi connectivity index (χ3n) is 5.09. The summed E-state index contributed by atoms with van der Waals surface area (Å²) in [5, 5.41) is 1.02. The second-order valence-electron chi connectivity index (χ2n) is 10.5. The molecule has 7 nitrogen and oxygen atoms in total. The maximum absolute atomic E-state index is 12.8. The van der Waals surface area contributed by atoms with Gasteiger partial charge in [0.05, 0.1) is 5.01 Å². The SMILES string of the molecule is CC(C)c1cn(C(=O)OC(C)(C)C)c2sc(C3CCN(C(=O)OC(C)(C)C)CC3)nc12. The summed E-state index contributed by atoms with van der Waals surface area (Å²) >= 11 is 1.56. The second-order valence-corrected chi connectivity index (χ2v) is 11.5. The molecule has 0 saturated carbocycles. The number of fused-ring (bicyclic) bond motifs is 1. The monoisotopic (exact) mass is 449 g/mol. The number of amides is 1. The predicted octanol–water partition coefficient (Wildman–Crippen LogP) is 6.12. The fraction of sp³-hybridized carbons (Fsp3) is 0.696. The number of aromatic nitrogens is 2. The van der Waals surface area contributed by atoms with E-state index in [2.05, 4.69) is 13.8 Å². The molecule has 3 rings (SSSR count). The molecule has 1 aliphatic rings. The zero-order chi connectivity index (χ0) is 23.1. The van der Waals surface area contributed by atoms with Gasteiger partial charge in [0, 0.05) is 30.8 Å². The molecule has 1 amide bonds. The standard InChI is InChI=1S/C23H35N3O4S/c1-14(2)16-13-26(21(28)30-23(6,7)8)19-17(16)24-18(31-19)15-9-11-25(12-10-15)20(27)29-22(3,4)5/h13-15H,9-12H2,1-8H3. The average molecular weight is 450 g/mol. The minimum absolute atomic E-state index is 0.246. The van der Waals surface area contributed by atoms with E-state index in [-0.39, 0.29) is 24.0 Å². The lowest BCUT2D eigenvalue weighted by atomic mass is 9.98. The Labute approximate surface area is 188 Å². The normalized spacial score (nSPS) is 16.2. The molecule has 3 heterocycles. The first kappa shape index (κ1) is 23.6. The lowest BCUT2D eigenvalue weighted by Crippen LogP contribution is -2.41. The van der Waals surface area contributed by atoms with Crippen molar-refractivity contribution in [2.75, 3.05) is 13.1 Å². The summed E-state index contributed by atoms with van der Waals surface area (Å²) in [5.74, 6) is 0.512. The number of hydrogen-bond acceptors (Lipinski definition) is 6. The van der Waals surface area contributed by atoms with Gasteiger partial charge < -0.3 is 14.4 Å². The molecule has 1 saturated heterocycles. The average Bonchev–Trinajstić information content (AvgIpc) is 3.17. The summed E-state index contributed by atoms with van der Waals surface area (Å²) in [6, 6.07) is 0. The van der Waals surface area contributed by atoms with Crippen LogP contribution in [-0.4, -0.2) is 50.9 Å². The number of ether oxygens (including phenoxy) is 2. The van der Waals surface area contributed by atoms with Crippen molar-refractivity contribution in [2.45, 2.75) is 91.3 Å². The quantitative estimate of drug-likeness (QED) is 0.552. The number of carbonyl (C=O) groups is 2. The Hall–Kier alpha value is -2.09. The van der Waals surface area contributed by atoms with Crippen molar-refractivity contribution in [2.24, 2.45) is 0 Å². The van der Waals surface area contributed by atoms with E-state index in [9.17, 15) is 9.59 Å². The van der Waals surface area contributed by atoms with Gasteiger partial charge in [0.1, 0.15) is 21.5 Å². The largest absolute Gasteiger partial charge is 0.444 e. The molecule has 0 unspecified atom stereocenters. The Morgan fingerprint density at radius 1 is 1.03 bits per heavy atom. The van der Waals surface area contributed by atoms with Crippen LogP contribution in [0.3, 0.4) is 0 Å². The topological polar surface area (TPSA) is 73.7 Å². The third kappa shape index (κ3) is 5.59. The lowest BCUT2D eigenvalue weighted by Gasteiger charge is -2.32. The molecule has 0 radical (unpaired) electrons. The summed E-state index contributed by atoms with van der Waals surface area (Å²) in [6.45, 7) is 16.7. The first-order chi connectivity index (χ1) is 14.2. The molecule has 0 bridgehead atoms. The van der Waals surface area contributed by atoms with Crippen molar-refractivity contribution in [3.8, 4) is 0 Å². The zero-order valence-electron chi connectivity index (χ0n) is 19.9. The summed E-state index contributed by atoms with van der Waals surface area (Å²) in [6.07, 6.45) is 2.90. The van der Waals surface area contributed by atoms with Gasteiger partial charge in [-0.2, -0.15) is 0 Å². The van der Waals surface area contributed by atoms with Crippen LogP contribution in [0.1, 0.15) is 90.6 Å². The molecule has 172 valence electrons. The highest BCUT2D eigenvalue weighted by Crippen LogP contribution is 2.38. The van der Waals surface area contributed by atoms with Crippen LogP contribution >= 0.6 is 11.3 Å². The highest BCUT2D eigenvalue weighted by atomic mass is 32.1. The maximum Gasteiger partial charge on any atom is 0.419 e. The highest BCUT2D eigenvalue weighted by Gasteiger charge is 2.31. The summed E-state index contributed by atoms with van der Waals surface area (Å²) in [5.41, 5.74) is 0.882. The van der Waals surface area contributed by atoms with Crippen LogP contribution in [0.15, 0.2) is 6.20 Å². The molecule has 2 aromatic rings. The molecule has 1 aliphatic heterocycles. The highest BCUT2D eigenvalue weighted by molar-refractivity contribution is 7.18. The fourth-order valence-electron chi connectivity index (χ4n) is 3.62. The van der Waals surface area contributed by atoms with Crippen LogP contribution in [0.25, 0.3) is 10.3 Å². The smallest absolute Gasteiger partial charge is 0.419 e. The molecule has 8 heteroatoms. The summed E-state index contributed by atoms with van der Waals surface area (Å²) < 4.78 is 12.7. The Kier molecular flexibility index (Phi) is 6.42. The van der Waals surface area contributed by atoms with Crippen molar-refractivity contribution in [1.29, 1.82) is 0 Å². The molecule has 2 aromatic heterocycles. The molecule has 0 aromatic carbocycles. The van der Waals surface area contributed by atoms with E-state index in [1.807, 2.05) is 47.7 Å². The van der Waals surface area contributed by atoms with Crippen molar-refractivity contribution >= 4 is 33.9 Å². The van der Waals surface area contributed by atoms with Crippen molar-refractivity contribution < 1.29 is 19.1 Å². The van der Waals surface area contributed by atoms with Gasteiger partial charge in [0.25, 0.3) is 0 Å². The zero-order valence-corrected chi connectivity index (χ0v) is 20.8. The van der Waals surface area contributed by atoms with Crippen LogP contribution in [0.2, 0.25) is 0 Å². The van der Waals surface area contributed by atoms with Gasteiger partial charge in [-0.15, -0.1) is 0 Å². The van der Waals surface area contributed by atoms with E-state index < -0.39 is 11.2 Å². The van der Waals surface area contributed by atoms with Crippen LogP contribution in [-0.2, 0) is 9.47 Å². The minimum atomic E-state index is -0.562. The number of nitrogens with zero attached hydrogens (tertiary/aromatic N) is 3. The summed E-state index contributed by atoms with van der Waals surface area (Å²) in [7, 11) is 0. The summed E-state index contributed by atoms with van der Waals surface area (Å²) in [4.78, 5) is 32.7. The van der Waals surface area contributed by atoms with Gasteiger partial charge in [-0.05, 0) is 60.3 Å². The van der Waals surface area contributed by atoms with Gasteiger partial charge in [0.2, 0.25) is 0 Å². The Morgan fingerprint density at radius 3 is 2.10 bits per heavy atom. The van der Waals surface area contributed by atoms with Crippen LogP contribution in [0.4, 0.5) is 9.59 Å². The number of thiazole rings is 1. The van der Waals surface area contributed by atoms with Gasteiger partial charge in [-0.1, -0.05) is 25.2 Å². The van der Waals surface area contributed by atoms with E-state index in [4.69, 9.17) is 14.5 Å². The molecule has 0 spiro atoms. The second kappa shape index (κ2) is 8.45. The van der Waals surface area contributed by atoms with Gasteiger partial charge in [-0.25, -0.2) is 19.1 Å². The first-order valence-electron chi connectivity index (χ1n) is 11.0. The van der Waals surface area contributed by atoms with E-state index in [1.54, 1.807) is 20.8 Å². The number of rotatable bonds is 2. The van der Waals surface area contributed by atoms with E-state index >= 15 is 0 Å². The number of piperidine rings is 1. The molecular formula is C23H35N3O4S. The molecule has 31 heavy (non-hydrogen) atoms. The fourth-order valence-corrected chi connectivity index (χ4v) is 4.84. The first-order valence-corrected chi connectivity index (χ1v) is 11.8. The number of likely N-dealkylation sites (tertiary alicyclic amines) is 1. The maximum atomic E-state index is 12.8. The van der Waals surface area contributed by atoms with Crippen molar-refractivity contribution in [1.82, 2.24) is 14.5 Å². The molecule has 0 aliphatic carbocycles. The Balaban J connectivity index is 1.81. The molecule has 0 N–H and O–H groups in total. The Morgan fingerprint density at radius 2 is 1.58 bits per heavy atom. The predicted molar refractivity (Wildman–Crippen MR) is 123 cm³/mol. The van der Waals surface area contributed by atoms with Crippen LogP contribution in [0.5, 0.6) is 0 Å². The lowest BCUT2D eigenvalue weighted by molar-refractivity contribution is 0.0204. The van der Waals surface area contributed by atoms with Crippen LogP contribution < -0.4 is 0 Å². The molecule has 1 fully saturated rings. The number of carbonyl (C=O) groups excluding carboxylic acids is 2. The van der Waals surface area contributed by atoms with Gasteiger partial charge in [0.15, 0.2) is 0 Å². The third-order valence-corrected chi connectivity index (χ3v) is 6.31. The van der Waals surface area contributed by atoms with E-state index in [1.165, 1.54) is 0 Å².